The SMILES string of the molecule is CC1CC2(CCNCC2)C1.[B]c1cc(C(C)(C)O)ccc1OC(/C=C\C(=C)C)=C/C. The third kappa shape index (κ3) is 7.18. The molecule has 0 amide bonds. The van der Waals surface area contributed by atoms with Gasteiger partial charge < -0.3 is 15.2 Å². The smallest absolute Gasteiger partial charge is 0.123 e. The summed E-state index contributed by atoms with van der Waals surface area (Å²) in [5.41, 5.74) is 2.08. The van der Waals surface area contributed by atoms with Crippen molar-refractivity contribution in [3.63, 3.8) is 0 Å². The number of nitrogens with one attached hydrogen (secondary N) is 1. The quantitative estimate of drug-likeness (QED) is 0.414. The van der Waals surface area contributed by atoms with Crippen LogP contribution < -0.4 is 15.5 Å². The summed E-state index contributed by atoms with van der Waals surface area (Å²) in [6, 6.07) is 5.30. The van der Waals surface area contributed by atoms with Crippen LogP contribution in [0.4, 0.5) is 0 Å². The van der Waals surface area contributed by atoms with Gasteiger partial charge in [0.2, 0.25) is 0 Å². The van der Waals surface area contributed by atoms with Crippen molar-refractivity contribution in [2.75, 3.05) is 13.1 Å². The van der Waals surface area contributed by atoms with Crippen LogP contribution in [0.5, 0.6) is 5.75 Å². The number of rotatable bonds is 5. The normalized spacial score (nSPS) is 19.2. The van der Waals surface area contributed by atoms with Crippen LogP contribution >= 0.6 is 0 Å². The second kappa shape index (κ2) is 10.5. The molecule has 1 saturated heterocycles. The fraction of sp³-hybridized carbons (Fsp3) is 0.538. The van der Waals surface area contributed by atoms with Gasteiger partial charge in [-0.2, -0.15) is 0 Å². The molecule has 1 aromatic rings. The highest BCUT2D eigenvalue weighted by molar-refractivity contribution is 6.34. The summed E-state index contributed by atoms with van der Waals surface area (Å²) in [7, 11) is 5.97. The van der Waals surface area contributed by atoms with E-state index in [4.69, 9.17) is 12.6 Å². The molecule has 1 aliphatic heterocycles. The first kappa shape index (κ1) is 24.5. The van der Waals surface area contributed by atoms with Gasteiger partial charge in [-0.1, -0.05) is 42.7 Å². The topological polar surface area (TPSA) is 41.5 Å². The Morgan fingerprint density at radius 1 is 1.27 bits per heavy atom. The molecule has 1 spiro atoms. The molecule has 2 aliphatic rings. The first-order chi connectivity index (χ1) is 14.0. The van der Waals surface area contributed by atoms with Crippen molar-refractivity contribution < 1.29 is 9.84 Å². The molecule has 2 radical (unpaired) electrons. The highest BCUT2D eigenvalue weighted by atomic mass is 16.5. The van der Waals surface area contributed by atoms with Gasteiger partial charge in [0, 0.05) is 0 Å². The molecule has 0 aromatic heterocycles. The molecule has 1 saturated carbocycles. The molecular weight excluding hydrogens is 369 g/mol. The first-order valence-electron chi connectivity index (χ1n) is 11.1. The zero-order valence-corrected chi connectivity index (χ0v) is 19.4. The van der Waals surface area contributed by atoms with Gasteiger partial charge in [-0.15, -0.1) is 0 Å². The lowest BCUT2D eigenvalue weighted by Crippen LogP contribution is -2.44. The van der Waals surface area contributed by atoms with Gasteiger partial charge in [0.15, 0.2) is 0 Å². The molecule has 2 fully saturated rings. The minimum absolute atomic E-state index is 0.493. The number of hydrogen-bond acceptors (Lipinski definition) is 3. The zero-order chi connectivity index (χ0) is 22.4. The molecule has 4 heteroatoms. The van der Waals surface area contributed by atoms with E-state index in [0.717, 1.165) is 22.5 Å². The van der Waals surface area contributed by atoms with E-state index in [1.54, 1.807) is 32.0 Å². The predicted octanol–water partition coefficient (Wildman–Crippen LogP) is 4.91. The van der Waals surface area contributed by atoms with Gasteiger partial charge in [0.1, 0.15) is 19.4 Å². The number of hydrogen-bond donors (Lipinski definition) is 2. The van der Waals surface area contributed by atoms with Gasteiger partial charge in [-0.25, -0.2) is 0 Å². The minimum atomic E-state index is -0.921. The van der Waals surface area contributed by atoms with E-state index in [-0.39, 0.29) is 0 Å². The zero-order valence-electron chi connectivity index (χ0n) is 19.4. The number of ether oxygens (including phenoxy) is 1. The summed E-state index contributed by atoms with van der Waals surface area (Å²) in [5, 5.41) is 13.4. The van der Waals surface area contributed by atoms with Crippen LogP contribution in [0.15, 0.2) is 54.3 Å². The molecule has 1 heterocycles. The number of allylic oxidation sites excluding steroid dienone is 4. The van der Waals surface area contributed by atoms with E-state index in [1.807, 2.05) is 32.1 Å². The van der Waals surface area contributed by atoms with Crippen LogP contribution in [-0.2, 0) is 5.60 Å². The summed E-state index contributed by atoms with van der Waals surface area (Å²) >= 11 is 0. The largest absolute Gasteiger partial charge is 0.458 e. The standard InChI is InChI=1S/C17H21BO2.C9H17N/c1-6-14(9-7-12(2)3)20-16-10-8-13(11-15(16)18)17(4,5)19;1-8-6-9(7-8)2-4-10-5-3-9/h6-11,19H,2H2,1,3-5H3;8,10H,2-7H2,1H3/b9-7-,14-6+;. The molecular formula is C26H38BNO2. The Morgan fingerprint density at radius 3 is 2.37 bits per heavy atom. The van der Waals surface area contributed by atoms with Gasteiger partial charge in [-0.05, 0) is 102 Å². The second-order valence-corrected chi connectivity index (χ2v) is 9.55. The lowest BCUT2D eigenvalue weighted by Gasteiger charge is -2.49. The summed E-state index contributed by atoms with van der Waals surface area (Å²) < 4.78 is 5.74. The summed E-state index contributed by atoms with van der Waals surface area (Å²) in [5.74, 6) is 2.28. The van der Waals surface area contributed by atoms with E-state index in [0.29, 0.717) is 17.0 Å². The van der Waals surface area contributed by atoms with Gasteiger partial charge in [0.25, 0.3) is 0 Å². The Bertz CT molecular complexity index is 767. The van der Waals surface area contributed by atoms with Gasteiger partial charge in [-0.3, -0.25) is 0 Å². The molecule has 3 nitrogen and oxygen atoms in total. The third-order valence-electron chi connectivity index (χ3n) is 5.99. The Balaban J connectivity index is 0.000000263. The van der Waals surface area contributed by atoms with Crippen molar-refractivity contribution in [2.24, 2.45) is 11.3 Å². The van der Waals surface area contributed by atoms with Crippen molar-refractivity contribution in [3.05, 3.63) is 59.9 Å². The predicted molar refractivity (Wildman–Crippen MR) is 128 cm³/mol. The molecule has 1 aliphatic carbocycles. The Labute approximate surface area is 184 Å². The maximum Gasteiger partial charge on any atom is 0.123 e. The molecule has 2 N–H and O–H groups in total. The molecule has 1 aromatic carbocycles. The van der Waals surface area contributed by atoms with E-state index < -0.39 is 5.60 Å². The number of benzene rings is 1. The van der Waals surface area contributed by atoms with Crippen molar-refractivity contribution in [3.8, 4) is 5.75 Å². The van der Waals surface area contributed by atoms with Crippen LogP contribution in [0.3, 0.4) is 0 Å². The van der Waals surface area contributed by atoms with E-state index >= 15 is 0 Å². The molecule has 3 rings (SSSR count). The Morgan fingerprint density at radius 2 is 1.90 bits per heavy atom. The molecule has 0 unspecified atom stereocenters. The van der Waals surface area contributed by atoms with Crippen LogP contribution in [0, 0.1) is 11.3 Å². The second-order valence-electron chi connectivity index (χ2n) is 9.55. The summed E-state index contributed by atoms with van der Waals surface area (Å²) in [4.78, 5) is 0. The molecule has 0 bridgehead atoms. The van der Waals surface area contributed by atoms with E-state index in [1.165, 1.54) is 38.8 Å². The Kier molecular flexibility index (Phi) is 8.57. The average molecular weight is 407 g/mol. The monoisotopic (exact) mass is 407 g/mol. The lowest BCUT2D eigenvalue weighted by atomic mass is 9.58. The van der Waals surface area contributed by atoms with Crippen molar-refractivity contribution in [2.45, 2.75) is 65.9 Å². The van der Waals surface area contributed by atoms with Crippen LogP contribution in [-0.4, -0.2) is 26.0 Å². The number of aliphatic hydroxyl groups is 1. The average Bonchev–Trinajstić information content (AvgIpc) is 2.65. The highest BCUT2D eigenvalue weighted by Crippen LogP contribution is 2.51. The van der Waals surface area contributed by atoms with Crippen molar-refractivity contribution in [1.82, 2.24) is 5.32 Å². The van der Waals surface area contributed by atoms with Gasteiger partial charge in [0.05, 0.1) is 5.60 Å². The summed E-state index contributed by atoms with van der Waals surface area (Å²) in [6.07, 6.45) is 11.5. The fourth-order valence-electron chi connectivity index (χ4n) is 4.35. The summed E-state index contributed by atoms with van der Waals surface area (Å²) in [6.45, 7) is 16.0. The van der Waals surface area contributed by atoms with Crippen molar-refractivity contribution >= 4 is 13.3 Å². The first-order valence-corrected chi connectivity index (χ1v) is 11.1. The lowest BCUT2D eigenvalue weighted by molar-refractivity contribution is 0.0315. The third-order valence-corrected chi connectivity index (χ3v) is 5.99. The van der Waals surface area contributed by atoms with Gasteiger partial charge >= 0.3 is 0 Å². The van der Waals surface area contributed by atoms with Crippen LogP contribution in [0.25, 0.3) is 0 Å². The minimum Gasteiger partial charge on any atom is -0.458 e. The number of piperidine rings is 1. The van der Waals surface area contributed by atoms with Crippen LogP contribution in [0.2, 0.25) is 0 Å². The van der Waals surface area contributed by atoms with E-state index in [2.05, 4.69) is 18.8 Å². The van der Waals surface area contributed by atoms with Crippen molar-refractivity contribution in [1.29, 1.82) is 0 Å². The van der Waals surface area contributed by atoms with E-state index in [9.17, 15) is 5.11 Å². The maximum absolute atomic E-state index is 9.95. The maximum atomic E-state index is 9.95. The molecule has 162 valence electrons. The fourth-order valence-corrected chi connectivity index (χ4v) is 4.35. The van der Waals surface area contributed by atoms with Crippen LogP contribution in [0.1, 0.15) is 65.9 Å². The molecule has 30 heavy (non-hydrogen) atoms. The molecule has 0 atom stereocenters. The Hall–Kier alpha value is -1.78. The highest BCUT2D eigenvalue weighted by Gasteiger charge is 2.41.